The minimum Gasteiger partial charge on any atom is -0.450 e. The maximum atomic E-state index is 15.1. The van der Waals surface area contributed by atoms with E-state index in [-0.39, 0.29) is 63.2 Å². The van der Waals surface area contributed by atoms with Crippen LogP contribution in [0.2, 0.25) is 0 Å². The van der Waals surface area contributed by atoms with Crippen molar-refractivity contribution in [3.63, 3.8) is 0 Å². The lowest BCUT2D eigenvalue weighted by Crippen LogP contribution is -2.54. The number of pyridine rings is 1. The number of halogens is 2. The Kier molecular flexibility index (Phi) is 8.97. The molecule has 0 aliphatic carbocycles. The number of hydrogen-bond acceptors (Lipinski definition) is 8. The fourth-order valence-electron chi connectivity index (χ4n) is 4.49. The summed E-state index contributed by atoms with van der Waals surface area (Å²) >= 11 is 0. The van der Waals surface area contributed by atoms with Gasteiger partial charge in [0.25, 0.3) is 5.91 Å². The number of cyclic esters (lactones) is 1. The van der Waals surface area contributed by atoms with E-state index in [0.717, 1.165) is 17.0 Å². The molecule has 3 heterocycles. The third kappa shape index (κ3) is 6.55. The summed E-state index contributed by atoms with van der Waals surface area (Å²) < 4.78 is 40.2. The Balaban J connectivity index is 1.33. The number of amides is 4. The van der Waals surface area contributed by atoms with Crippen LogP contribution in [-0.4, -0.2) is 91.9 Å². The number of aromatic nitrogens is 1. The van der Waals surface area contributed by atoms with Gasteiger partial charge in [0.1, 0.15) is 17.8 Å². The molecule has 2 aliphatic rings. The number of ether oxygens (including phenoxy) is 2. The highest BCUT2D eigenvalue weighted by atomic mass is 19.1. The zero-order chi connectivity index (χ0) is 28.8. The highest BCUT2D eigenvalue weighted by Crippen LogP contribution is 2.31. The van der Waals surface area contributed by atoms with Crippen LogP contribution in [0.15, 0.2) is 36.7 Å². The van der Waals surface area contributed by atoms with Crippen molar-refractivity contribution in [2.24, 2.45) is 0 Å². The van der Waals surface area contributed by atoms with Crippen molar-refractivity contribution < 1.29 is 37.4 Å². The second-order valence-corrected chi connectivity index (χ2v) is 9.22. The number of nitrogens with one attached hydrogen (secondary N) is 2. The van der Waals surface area contributed by atoms with E-state index in [1.54, 1.807) is 26.0 Å². The molecule has 1 aromatic carbocycles. The molecule has 14 heteroatoms. The molecule has 0 saturated carbocycles. The Morgan fingerprint density at radius 1 is 1.18 bits per heavy atom. The SMILES string of the molecule is CCOC(=O)NC[C@H]1CN(c2cc(F)c(N3CCN(C(=O)[C@H](C)NC(=O)c4cccnc4)CC3)c(F)c2)C(=O)O1. The van der Waals surface area contributed by atoms with Crippen LogP contribution in [-0.2, 0) is 14.3 Å². The average Bonchev–Trinajstić information content (AvgIpc) is 3.32. The van der Waals surface area contributed by atoms with Gasteiger partial charge >= 0.3 is 12.2 Å². The van der Waals surface area contributed by atoms with Crippen LogP contribution in [0.5, 0.6) is 0 Å². The van der Waals surface area contributed by atoms with Crippen LogP contribution in [0.4, 0.5) is 29.7 Å². The van der Waals surface area contributed by atoms with E-state index < -0.39 is 41.9 Å². The summed E-state index contributed by atoms with van der Waals surface area (Å²) in [6.45, 7) is 4.09. The molecule has 214 valence electrons. The molecule has 2 aliphatic heterocycles. The van der Waals surface area contributed by atoms with Crippen LogP contribution in [0, 0.1) is 11.6 Å². The van der Waals surface area contributed by atoms with Crippen LogP contribution in [0.3, 0.4) is 0 Å². The lowest BCUT2D eigenvalue weighted by Gasteiger charge is -2.37. The molecule has 0 radical (unpaired) electrons. The van der Waals surface area contributed by atoms with Gasteiger partial charge in [-0.25, -0.2) is 18.4 Å². The van der Waals surface area contributed by atoms with Gasteiger partial charge in [-0.05, 0) is 26.0 Å². The van der Waals surface area contributed by atoms with E-state index in [0.29, 0.717) is 5.56 Å². The topological polar surface area (TPSA) is 133 Å². The fraction of sp³-hybridized carbons (Fsp3) is 0.423. The second kappa shape index (κ2) is 12.6. The molecular weight excluding hydrogens is 530 g/mol. The molecule has 2 saturated heterocycles. The number of alkyl carbamates (subject to hydrolysis) is 1. The summed E-state index contributed by atoms with van der Waals surface area (Å²) in [5, 5.41) is 5.10. The molecule has 0 spiro atoms. The van der Waals surface area contributed by atoms with Gasteiger partial charge in [0.05, 0.1) is 30.9 Å². The smallest absolute Gasteiger partial charge is 0.414 e. The molecule has 0 unspecified atom stereocenters. The number of benzene rings is 1. The predicted molar refractivity (Wildman–Crippen MR) is 139 cm³/mol. The summed E-state index contributed by atoms with van der Waals surface area (Å²) in [4.78, 5) is 57.0. The Hall–Kier alpha value is -4.49. The van der Waals surface area contributed by atoms with Crippen molar-refractivity contribution >= 4 is 35.4 Å². The Bertz CT molecular complexity index is 1230. The summed E-state index contributed by atoms with van der Waals surface area (Å²) in [5.41, 5.74) is 0.0451. The third-order valence-corrected chi connectivity index (χ3v) is 6.49. The lowest BCUT2D eigenvalue weighted by molar-refractivity contribution is -0.133. The summed E-state index contributed by atoms with van der Waals surface area (Å²) in [7, 11) is 0. The van der Waals surface area contributed by atoms with Gasteiger partial charge in [-0.3, -0.25) is 19.5 Å². The zero-order valence-corrected chi connectivity index (χ0v) is 22.1. The molecule has 2 atom stereocenters. The second-order valence-electron chi connectivity index (χ2n) is 9.22. The molecule has 4 rings (SSSR count). The van der Waals surface area contributed by atoms with Gasteiger partial charge in [0.15, 0.2) is 11.6 Å². The van der Waals surface area contributed by atoms with Crippen LogP contribution in [0.1, 0.15) is 24.2 Å². The highest BCUT2D eigenvalue weighted by Gasteiger charge is 2.34. The maximum absolute atomic E-state index is 15.1. The monoisotopic (exact) mass is 560 g/mol. The number of hydrogen-bond donors (Lipinski definition) is 2. The summed E-state index contributed by atoms with van der Waals surface area (Å²) in [5.74, 6) is -2.48. The first-order valence-corrected chi connectivity index (χ1v) is 12.8. The number of nitrogens with zero attached hydrogens (tertiary/aromatic N) is 4. The van der Waals surface area contributed by atoms with E-state index in [1.165, 1.54) is 22.2 Å². The molecule has 12 nitrogen and oxygen atoms in total. The normalized spacial score (nSPS) is 17.8. The molecule has 2 N–H and O–H groups in total. The van der Waals surface area contributed by atoms with Gasteiger partial charge < -0.3 is 29.9 Å². The van der Waals surface area contributed by atoms with E-state index in [2.05, 4.69) is 15.6 Å². The Morgan fingerprint density at radius 2 is 1.88 bits per heavy atom. The van der Waals surface area contributed by atoms with E-state index in [9.17, 15) is 19.2 Å². The lowest BCUT2D eigenvalue weighted by atomic mass is 10.1. The quantitative estimate of drug-likeness (QED) is 0.500. The van der Waals surface area contributed by atoms with Gasteiger partial charge in [-0.1, -0.05) is 0 Å². The molecule has 4 amide bonds. The Labute approximate surface area is 229 Å². The van der Waals surface area contributed by atoms with Crippen molar-refractivity contribution in [1.29, 1.82) is 0 Å². The van der Waals surface area contributed by atoms with E-state index in [4.69, 9.17) is 9.47 Å². The average molecular weight is 561 g/mol. The van der Waals surface area contributed by atoms with Gasteiger partial charge in [0.2, 0.25) is 5.91 Å². The molecule has 1 aromatic heterocycles. The van der Waals surface area contributed by atoms with Crippen LogP contribution >= 0.6 is 0 Å². The van der Waals surface area contributed by atoms with Crippen molar-refractivity contribution in [3.05, 3.63) is 53.9 Å². The van der Waals surface area contributed by atoms with Gasteiger partial charge in [-0.15, -0.1) is 0 Å². The number of piperazine rings is 1. The molecule has 0 bridgehead atoms. The third-order valence-electron chi connectivity index (χ3n) is 6.49. The standard InChI is InChI=1S/C26H30F2N6O6/c1-3-39-25(37)30-14-19-15-34(26(38)40-19)18-11-20(27)22(21(28)12-18)32-7-9-33(10-8-32)24(36)16(2)31-23(35)17-5-4-6-29-13-17/h4-6,11-13,16,19H,3,7-10,14-15H2,1-2H3,(H,30,37)(H,31,35)/t16-,19-/m0/s1. The van der Waals surface area contributed by atoms with Gasteiger partial charge in [0, 0.05) is 50.7 Å². The molecule has 2 fully saturated rings. The maximum Gasteiger partial charge on any atom is 0.414 e. The first-order valence-electron chi connectivity index (χ1n) is 12.8. The predicted octanol–water partition coefficient (Wildman–Crippen LogP) is 1.90. The van der Waals surface area contributed by atoms with Crippen molar-refractivity contribution in [2.75, 3.05) is 55.7 Å². The van der Waals surface area contributed by atoms with Gasteiger partial charge in [-0.2, -0.15) is 0 Å². The minimum absolute atomic E-state index is 0.0141. The number of anilines is 2. The number of carbonyl (C=O) groups excluding carboxylic acids is 4. The summed E-state index contributed by atoms with van der Waals surface area (Å²) in [6, 6.07) is 4.50. The van der Waals surface area contributed by atoms with Crippen LogP contribution < -0.4 is 20.4 Å². The molecule has 40 heavy (non-hydrogen) atoms. The molecular formula is C26H30F2N6O6. The number of rotatable bonds is 8. The first-order chi connectivity index (χ1) is 19.2. The van der Waals surface area contributed by atoms with Crippen LogP contribution in [0.25, 0.3) is 0 Å². The van der Waals surface area contributed by atoms with Crippen molar-refractivity contribution in [3.8, 4) is 0 Å². The minimum atomic E-state index is -0.868. The Morgan fingerprint density at radius 3 is 2.50 bits per heavy atom. The van der Waals surface area contributed by atoms with E-state index in [1.807, 2.05) is 0 Å². The fourth-order valence-corrected chi connectivity index (χ4v) is 4.49. The first kappa shape index (κ1) is 28.5. The zero-order valence-electron chi connectivity index (χ0n) is 22.1. The summed E-state index contributed by atoms with van der Waals surface area (Å²) in [6.07, 6.45) is 0.760. The highest BCUT2D eigenvalue weighted by molar-refractivity contribution is 5.97. The molecule has 2 aromatic rings. The van der Waals surface area contributed by atoms with E-state index >= 15 is 8.78 Å². The van der Waals surface area contributed by atoms with Crippen molar-refractivity contribution in [2.45, 2.75) is 26.0 Å². The van der Waals surface area contributed by atoms with Crippen molar-refractivity contribution in [1.82, 2.24) is 20.5 Å². The largest absolute Gasteiger partial charge is 0.450 e. The number of carbonyl (C=O) groups is 4.